The number of aliphatic hydroxyl groups is 1. The number of carbonyl (C=O) groups is 1. The number of furan rings is 1. The van der Waals surface area contributed by atoms with Crippen LogP contribution in [-0.2, 0) is 4.79 Å². The van der Waals surface area contributed by atoms with Crippen LogP contribution in [0, 0.1) is 0 Å². The molecule has 0 aliphatic carbocycles. The van der Waals surface area contributed by atoms with Gasteiger partial charge >= 0.3 is 0 Å². The molecule has 2 aromatic carbocycles. The lowest BCUT2D eigenvalue weighted by atomic mass is 9.95. The van der Waals surface area contributed by atoms with Gasteiger partial charge in [0.2, 0.25) is 5.91 Å². The van der Waals surface area contributed by atoms with E-state index in [9.17, 15) is 9.90 Å². The molecule has 2 N–H and O–H groups in total. The van der Waals surface area contributed by atoms with E-state index in [-0.39, 0.29) is 11.8 Å². The third-order valence-corrected chi connectivity index (χ3v) is 4.42. The molecule has 0 saturated carbocycles. The first kappa shape index (κ1) is 17.2. The Balaban J connectivity index is 1.55. The van der Waals surface area contributed by atoms with Gasteiger partial charge in [0.15, 0.2) is 0 Å². The van der Waals surface area contributed by atoms with Gasteiger partial charge in [-0.1, -0.05) is 55.5 Å². The van der Waals surface area contributed by atoms with Crippen LogP contribution in [0.25, 0.3) is 11.0 Å². The summed E-state index contributed by atoms with van der Waals surface area (Å²) in [6.07, 6.45) is 0.420. The van der Waals surface area contributed by atoms with Crippen molar-refractivity contribution >= 4 is 16.9 Å². The summed E-state index contributed by atoms with van der Waals surface area (Å²) in [4.78, 5) is 12.4. The van der Waals surface area contributed by atoms with Crippen LogP contribution in [0.1, 0.15) is 43.1 Å². The Hall–Kier alpha value is -2.59. The number of fused-ring (bicyclic) bond motifs is 1. The number of para-hydroxylation sites is 1. The fraction of sp³-hybridized carbons (Fsp3) is 0.286. The van der Waals surface area contributed by atoms with E-state index in [1.54, 1.807) is 0 Å². The van der Waals surface area contributed by atoms with Crippen LogP contribution in [0.2, 0.25) is 0 Å². The largest absolute Gasteiger partial charge is 0.458 e. The van der Waals surface area contributed by atoms with E-state index in [0.29, 0.717) is 18.7 Å². The Bertz CT molecular complexity index is 792. The Morgan fingerprint density at radius 2 is 1.84 bits per heavy atom. The lowest BCUT2D eigenvalue weighted by Gasteiger charge is -2.16. The van der Waals surface area contributed by atoms with Crippen molar-refractivity contribution in [1.82, 2.24) is 5.32 Å². The molecule has 0 saturated heterocycles. The Labute approximate surface area is 147 Å². The highest BCUT2D eigenvalue weighted by Gasteiger charge is 2.19. The second-order valence-electron chi connectivity index (χ2n) is 6.15. The summed E-state index contributed by atoms with van der Waals surface area (Å²) in [6, 6.07) is 19.3. The van der Waals surface area contributed by atoms with E-state index in [1.165, 1.54) is 0 Å². The quantitative estimate of drug-likeness (QED) is 0.680. The monoisotopic (exact) mass is 337 g/mol. The van der Waals surface area contributed by atoms with E-state index < -0.39 is 6.10 Å². The molecule has 25 heavy (non-hydrogen) atoms. The van der Waals surface area contributed by atoms with Gasteiger partial charge in [0, 0.05) is 11.9 Å². The van der Waals surface area contributed by atoms with Gasteiger partial charge in [-0.25, -0.2) is 0 Å². The highest BCUT2D eigenvalue weighted by atomic mass is 16.4. The summed E-state index contributed by atoms with van der Waals surface area (Å²) in [5.41, 5.74) is 1.77. The molecule has 0 spiro atoms. The molecule has 0 aliphatic heterocycles. The molecule has 0 radical (unpaired) electrons. The highest BCUT2D eigenvalue weighted by molar-refractivity contribution is 5.83. The van der Waals surface area contributed by atoms with Crippen molar-refractivity contribution in [1.29, 1.82) is 0 Å². The SMILES string of the molecule is CC[C@@H](C(=O)NCC[C@@H](O)c1cc2ccccc2o1)c1ccccc1. The standard InChI is InChI=1S/C21H23NO3/c1-2-17(15-8-4-3-5-9-15)21(24)22-13-12-18(23)20-14-16-10-6-7-11-19(16)25-20/h3-11,14,17-18,23H,2,12-13H2,1H3,(H,22,24)/t17-,18-/m1/s1. The molecule has 4 heteroatoms. The molecule has 0 fully saturated rings. The minimum Gasteiger partial charge on any atom is -0.458 e. The van der Waals surface area contributed by atoms with Crippen LogP contribution < -0.4 is 5.32 Å². The van der Waals surface area contributed by atoms with Crippen LogP contribution in [0.15, 0.2) is 65.1 Å². The molecule has 0 aliphatic rings. The lowest BCUT2D eigenvalue weighted by molar-refractivity contribution is -0.122. The number of rotatable bonds is 7. The number of carbonyl (C=O) groups excluding carboxylic acids is 1. The third kappa shape index (κ3) is 4.09. The molecule has 1 heterocycles. The predicted molar refractivity (Wildman–Crippen MR) is 98.3 cm³/mol. The zero-order valence-corrected chi connectivity index (χ0v) is 14.3. The van der Waals surface area contributed by atoms with Gasteiger partial charge in [-0.3, -0.25) is 4.79 Å². The van der Waals surface area contributed by atoms with E-state index in [4.69, 9.17) is 4.42 Å². The topological polar surface area (TPSA) is 62.5 Å². The van der Waals surface area contributed by atoms with Crippen molar-refractivity contribution in [2.75, 3.05) is 6.54 Å². The van der Waals surface area contributed by atoms with Gasteiger partial charge in [0.05, 0.1) is 5.92 Å². The van der Waals surface area contributed by atoms with Crippen LogP contribution in [-0.4, -0.2) is 17.6 Å². The van der Waals surface area contributed by atoms with Gasteiger partial charge in [-0.2, -0.15) is 0 Å². The molecule has 3 aromatic rings. The van der Waals surface area contributed by atoms with Crippen molar-refractivity contribution in [2.45, 2.75) is 31.8 Å². The maximum Gasteiger partial charge on any atom is 0.227 e. The van der Waals surface area contributed by atoms with Crippen LogP contribution >= 0.6 is 0 Å². The van der Waals surface area contributed by atoms with Crippen molar-refractivity contribution < 1.29 is 14.3 Å². The second kappa shape index (κ2) is 7.99. The van der Waals surface area contributed by atoms with Gasteiger partial charge in [0.25, 0.3) is 0 Å². The third-order valence-electron chi connectivity index (χ3n) is 4.42. The molecular weight excluding hydrogens is 314 g/mol. The Morgan fingerprint density at radius 1 is 1.12 bits per heavy atom. The maximum atomic E-state index is 12.4. The first-order valence-corrected chi connectivity index (χ1v) is 8.68. The van der Waals surface area contributed by atoms with Crippen LogP contribution in [0.3, 0.4) is 0 Å². The summed E-state index contributed by atoms with van der Waals surface area (Å²) >= 11 is 0. The molecule has 2 atom stereocenters. The van der Waals surface area contributed by atoms with E-state index >= 15 is 0 Å². The van der Waals surface area contributed by atoms with Crippen LogP contribution in [0.5, 0.6) is 0 Å². The smallest absolute Gasteiger partial charge is 0.227 e. The molecular formula is C21H23NO3. The number of hydrogen-bond donors (Lipinski definition) is 2. The number of aliphatic hydroxyl groups excluding tert-OH is 1. The summed E-state index contributed by atoms with van der Waals surface area (Å²) in [5, 5.41) is 14.2. The van der Waals surface area contributed by atoms with Crippen molar-refractivity contribution in [3.63, 3.8) is 0 Å². The summed E-state index contributed by atoms with van der Waals surface area (Å²) in [7, 11) is 0. The summed E-state index contributed by atoms with van der Waals surface area (Å²) < 4.78 is 5.66. The summed E-state index contributed by atoms with van der Waals surface area (Å²) in [6.45, 7) is 2.40. The van der Waals surface area contributed by atoms with Gasteiger partial charge in [-0.15, -0.1) is 0 Å². The van der Waals surface area contributed by atoms with E-state index in [0.717, 1.165) is 23.0 Å². The predicted octanol–water partition coefficient (Wildman–Crippen LogP) is 4.17. The number of amides is 1. The van der Waals surface area contributed by atoms with Crippen molar-refractivity contribution in [3.05, 3.63) is 72.0 Å². The van der Waals surface area contributed by atoms with E-state index in [2.05, 4.69) is 5.32 Å². The van der Waals surface area contributed by atoms with E-state index in [1.807, 2.05) is 67.6 Å². The first-order chi connectivity index (χ1) is 12.2. The molecule has 3 rings (SSSR count). The van der Waals surface area contributed by atoms with Gasteiger partial charge < -0.3 is 14.8 Å². The molecule has 130 valence electrons. The minimum atomic E-state index is -0.732. The van der Waals surface area contributed by atoms with Gasteiger partial charge in [0.1, 0.15) is 17.4 Å². The number of nitrogens with one attached hydrogen (secondary N) is 1. The molecule has 1 aromatic heterocycles. The fourth-order valence-corrected chi connectivity index (χ4v) is 3.02. The fourth-order valence-electron chi connectivity index (χ4n) is 3.02. The van der Waals surface area contributed by atoms with Gasteiger partial charge in [-0.05, 0) is 30.5 Å². The zero-order chi connectivity index (χ0) is 17.6. The van der Waals surface area contributed by atoms with Crippen LogP contribution in [0.4, 0.5) is 0 Å². The van der Waals surface area contributed by atoms with Crippen molar-refractivity contribution in [2.24, 2.45) is 0 Å². The molecule has 0 unspecified atom stereocenters. The average molecular weight is 337 g/mol. The Morgan fingerprint density at radius 3 is 2.56 bits per heavy atom. The normalized spacial score (nSPS) is 13.5. The first-order valence-electron chi connectivity index (χ1n) is 8.68. The van der Waals surface area contributed by atoms with Crippen molar-refractivity contribution in [3.8, 4) is 0 Å². The number of benzene rings is 2. The minimum absolute atomic E-state index is 0.00879. The zero-order valence-electron chi connectivity index (χ0n) is 14.3. The molecule has 1 amide bonds. The molecule has 4 nitrogen and oxygen atoms in total. The lowest BCUT2D eigenvalue weighted by Crippen LogP contribution is -2.30. The average Bonchev–Trinajstić information content (AvgIpc) is 3.07. The number of hydrogen-bond acceptors (Lipinski definition) is 3. The Kier molecular flexibility index (Phi) is 5.51. The maximum absolute atomic E-state index is 12.4. The highest BCUT2D eigenvalue weighted by Crippen LogP contribution is 2.25. The summed E-state index contributed by atoms with van der Waals surface area (Å²) in [5.74, 6) is 0.362. The molecule has 0 bridgehead atoms. The second-order valence-corrected chi connectivity index (χ2v) is 6.15.